The zero-order valence-electron chi connectivity index (χ0n) is 10.3. The number of hydrogen-bond acceptors (Lipinski definition) is 3. The van der Waals surface area contributed by atoms with Crippen LogP contribution < -0.4 is 0 Å². The number of ketones is 1. The molecule has 0 radical (unpaired) electrons. The standard InChI is InChI=1S/C14H18FNO2/c15-13-6-2-1-5-12(13)14(18)7-9-16-8-3-4-11(16)10-17/h1-2,5-6,11,17H,3-4,7-10H2. The lowest BCUT2D eigenvalue weighted by atomic mass is 10.1. The van der Waals surface area contributed by atoms with Gasteiger partial charge in [0.15, 0.2) is 5.78 Å². The van der Waals surface area contributed by atoms with Gasteiger partial charge in [0.2, 0.25) is 0 Å². The Morgan fingerprint density at radius 3 is 2.94 bits per heavy atom. The predicted octanol–water partition coefficient (Wildman–Crippen LogP) is 1.86. The average Bonchev–Trinajstić information content (AvgIpc) is 2.84. The summed E-state index contributed by atoms with van der Waals surface area (Å²) in [7, 11) is 0. The van der Waals surface area contributed by atoms with Crippen LogP contribution in [-0.2, 0) is 0 Å². The Kier molecular flexibility index (Phi) is 4.44. The highest BCUT2D eigenvalue weighted by Crippen LogP contribution is 2.17. The Labute approximate surface area is 106 Å². The highest BCUT2D eigenvalue weighted by molar-refractivity contribution is 5.96. The number of halogens is 1. The second-order valence-electron chi connectivity index (χ2n) is 4.67. The molecule has 2 rings (SSSR count). The summed E-state index contributed by atoms with van der Waals surface area (Å²) in [5, 5.41) is 9.18. The van der Waals surface area contributed by atoms with E-state index in [0.717, 1.165) is 19.4 Å². The molecule has 0 saturated carbocycles. The number of aliphatic hydroxyl groups is 1. The molecule has 1 aliphatic heterocycles. The number of carbonyl (C=O) groups excluding carboxylic acids is 1. The van der Waals surface area contributed by atoms with Crippen molar-refractivity contribution < 1.29 is 14.3 Å². The van der Waals surface area contributed by atoms with E-state index in [-0.39, 0.29) is 24.0 Å². The van der Waals surface area contributed by atoms with E-state index in [1.54, 1.807) is 12.1 Å². The molecule has 98 valence electrons. The van der Waals surface area contributed by atoms with Crippen molar-refractivity contribution in [2.75, 3.05) is 19.7 Å². The maximum absolute atomic E-state index is 13.4. The van der Waals surface area contributed by atoms with Gasteiger partial charge in [-0.15, -0.1) is 0 Å². The zero-order chi connectivity index (χ0) is 13.0. The van der Waals surface area contributed by atoms with Gasteiger partial charge in [-0.3, -0.25) is 9.69 Å². The quantitative estimate of drug-likeness (QED) is 0.812. The van der Waals surface area contributed by atoms with Crippen LogP contribution in [0.2, 0.25) is 0 Å². The number of Topliss-reactive ketones (excluding diaryl/α,β-unsaturated/α-hetero) is 1. The lowest BCUT2D eigenvalue weighted by molar-refractivity contribution is 0.0942. The van der Waals surface area contributed by atoms with Crippen LogP contribution in [0.3, 0.4) is 0 Å². The van der Waals surface area contributed by atoms with Crippen molar-refractivity contribution in [3.8, 4) is 0 Å². The van der Waals surface area contributed by atoms with Gasteiger partial charge < -0.3 is 5.11 Å². The van der Waals surface area contributed by atoms with Crippen LogP contribution in [0, 0.1) is 5.82 Å². The summed E-state index contributed by atoms with van der Waals surface area (Å²) in [6, 6.07) is 6.24. The lowest BCUT2D eigenvalue weighted by Gasteiger charge is -2.22. The van der Waals surface area contributed by atoms with Gasteiger partial charge in [-0.05, 0) is 31.5 Å². The molecule has 0 bridgehead atoms. The minimum absolute atomic E-state index is 0.133. The minimum Gasteiger partial charge on any atom is -0.395 e. The van der Waals surface area contributed by atoms with Gasteiger partial charge >= 0.3 is 0 Å². The summed E-state index contributed by atoms with van der Waals surface area (Å²) in [5.41, 5.74) is 0.164. The molecule has 1 heterocycles. The molecule has 1 N–H and O–H groups in total. The lowest BCUT2D eigenvalue weighted by Crippen LogP contribution is -2.34. The molecule has 0 aromatic heterocycles. The van der Waals surface area contributed by atoms with E-state index in [0.29, 0.717) is 13.0 Å². The predicted molar refractivity (Wildman–Crippen MR) is 67.0 cm³/mol. The summed E-state index contributed by atoms with van der Waals surface area (Å²) in [6.45, 7) is 1.64. The Hall–Kier alpha value is -1.26. The summed E-state index contributed by atoms with van der Waals surface area (Å²) < 4.78 is 13.4. The van der Waals surface area contributed by atoms with Gasteiger partial charge in [-0.1, -0.05) is 12.1 Å². The van der Waals surface area contributed by atoms with Crippen molar-refractivity contribution in [3.63, 3.8) is 0 Å². The molecular formula is C14H18FNO2. The zero-order valence-corrected chi connectivity index (χ0v) is 10.3. The molecule has 1 atom stereocenters. The molecule has 1 aromatic rings. The second-order valence-corrected chi connectivity index (χ2v) is 4.67. The third kappa shape index (κ3) is 2.94. The van der Waals surface area contributed by atoms with Crippen LogP contribution in [0.4, 0.5) is 4.39 Å². The fourth-order valence-corrected chi connectivity index (χ4v) is 2.46. The van der Waals surface area contributed by atoms with Gasteiger partial charge in [0.1, 0.15) is 5.82 Å². The van der Waals surface area contributed by atoms with Crippen LogP contribution in [-0.4, -0.2) is 41.5 Å². The minimum atomic E-state index is -0.456. The molecule has 4 heteroatoms. The van der Waals surface area contributed by atoms with Gasteiger partial charge in [0, 0.05) is 19.0 Å². The van der Waals surface area contributed by atoms with E-state index in [1.807, 2.05) is 0 Å². The molecule has 1 saturated heterocycles. The summed E-state index contributed by atoms with van der Waals surface area (Å²) in [4.78, 5) is 14.0. The van der Waals surface area contributed by atoms with Gasteiger partial charge in [0.05, 0.1) is 12.2 Å². The Bertz CT molecular complexity index is 422. The number of hydrogen-bond donors (Lipinski definition) is 1. The van der Waals surface area contributed by atoms with Gasteiger partial charge in [-0.25, -0.2) is 4.39 Å². The fraction of sp³-hybridized carbons (Fsp3) is 0.500. The largest absolute Gasteiger partial charge is 0.395 e. The Morgan fingerprint density at radius 2 is 2.22 bits per heavy atom. The highest BCUT2D eigenvalue weighted by atomic mass is 19.1. The van der Waals surface area contributed by atoms with Crippen molar-refractivity contribution in [2.45, 2.75) is 25.3 Å². The molecule has 3 nitrogen and oxygen atoms in total. The van der Waals surface area contributed by atoms with E-state index in [1.165, 1.54) is 12.1 Å². The molecule has 1 fully saturated rings. The number of nitrogens with zero attached hydrogens (tertiary/aromatic N) is 1. The van der Waals surface area contributed by atoms with Gasteiger partial charge in [0.25, 0.3) is 0 Å². The Morgan fingerprint density at radius 1 is 1.44 bits per heavy atom. The van der Waals surface area contributed by atoms with Crippen molar-refractivity contribution in [2.24, 2.45) is 0 Å². The number of carbonyl (C=O) groups is 1. The van der Waals surface area contributed by atoms with Crippen LogP contribution >= 0.6 is 0 Å². The molecule has 1 aromatic carbocycles. The van der Waals surface area contributed by atoms with Crippen LogP contribution in [0.1, 0.15) is 29.6 Å². The fourth-order valence-electron chi connectivity index (χ4n) is 2.46. The first-order valence-electron chi connectivity index (χ1n) is 6.35. The van der Waals surface area contributed by atoms with E-state index >= 15 is 0 Å². The molecule has 18 heavy (non-hydrogen) atoms. The summed E-state index contributed by atoms with van der Waals surface area (Å²) in [5.74, 6) is -0.626. The molecular weight excluding hydrogens is 233 g/mol. The third-order valence-electron chi connectivity index (χ3n) is 3.51. The van der Waals surface area contributed by atoms with E-state index < -0.39 is 5.82 Å². The summed E-state index contributed by atoms with van der Waals surface area (Å²) >= 11 is 0. The first kappa shape index (κ1) is 13.2. The molecule has 1 unspecified atom stereocenters. The van der Waals surface area contributed by atoms with Crippen molar-refractivity contribution >= 4 is 5.78 Å². The van der Waals surface area contributed by atoms with E-state index in [9.17, 15) is 14.3 Å². The molecule has 0 aliphatic carbocycles. The average molecular weight is 251 g/mol. The molecule has 0 amide bonds. The topological polar surface area (TPSA) is 40.5 Å². The van der Waals surface area contributed by atoms with Crippen LogP contribution in [0.15, 0.2) is 24.3 Å². The smallest absolute Gasteiger partial charge is 0.167 e. The normalized spacial score (nSPS) is 20.2. The number of aliphatic hydroxyl groups excluding tert-OH is 1. The maximum Gasteiger partial charge on any atom is 0.167 e. The van der Waals surface area contributed by atoms with Crippen molar-refractivity contribution in [1.29, 1.82) is 0 Å². The highest BCUT2D eigenvalue weighted by Gasteiger charge is 2.24. The van der Waals surface area contributed by atoms with Crippen LogP contribution in [0.5, 0.6) is 0 Å². The number of rotatable bonds is 5. The maximum atomic E-state index is 13.4. The number of likely N-dealkylation sites (tertiary alicyclic amines) is 1. The first-order valence-corrected chi connectivity index (χ1v) is 6.35. The van der Waals surface area contributed by atoms with Crippen molar-refractivity contribution in [3.05, 3.63) is 35.6 Å². The summed E-state index contributed by atoms with van der Waals surface area (Å²) in [6.07, 6.45) is 2.33. The van der Waals surface area contributed by atoms with Crippen LogP contribution in [0.25, 0.3) is 0 Å². The Balaban J connectivity index is 1.91. The van der Waals surface area contributed by atoms with E-state index in [4.69, 9.17) is 0 Å². The first-order chi connectivity index (χ1) is 8.72. The van der Waals surface area contributed by atoms with E-state index in [2.05, 4.69) is 4.90 Å². The number of benzene rings is 1. The third-order valence-corrected chi connectivity index (χ3v) is 3.51. The van der Waals surface area contributed by atoms with Crippen molar-refractivity contribution in [1.82, 2.24) is 4.90 Å². The molecule has 1 aliphatic rings. The monoisotopic (exact) mass is 251 g/mol. The second kappa shape index (κ2) is 6.07. The molecule has 0 spiro atoms. The van der Waals surface area contributed by atoms with Gasteiger partial charge in [-0.2, -0.15) is 0 Å². The SMILES string of the molecule is O=C(CCN1CCCC1CO)c1ccccc1F.